The summed E-state index contributed by atoms with van der Waals surface area (Å²) in [6.45, 7) is 0.449. The molecule has 4 nitrogen and oxygen atoms in total. The van der Waals surface area contributed by atoms with Crippen molar-refractivity contribution in [1.29, 1.82) is 0 Å². The van der Waals surface area contributed by atoms with Crippen LogP contribution in [-0.2, 0) is 16.8 Å². The van der Waals surface area contributed by atoms with E-state index in [4.69, 9.17) is 11.6 Å². The second kappa shape index (κ2) is 5.08. The minimum Gasteiger partial charge on any atom is -0.464 e. The Morgan fingerprint density at radius 3 is 2.32 bits per heavy atom. The van der Waals surface area contributed by atoms with Crippen molar-refractivity contribution in [2.75, 3.05) is 7.11 Å². The van der Waals surface area contributed by atoms with Crippen LogP contribution in [0.4, 0.5) is 22.0 Å². The number of carbonyl (C=O) groups excluding carboxylic acids is 1. The molecule has 0 radical (unpaired) electrons. The summed E-state index contributed by atoms with van der Waals surface area (Å²) in [6, 6.07) is 1.01. The second-order valence-corrected chi connectivity index (χ2v) is 4.84. The Morgan fingerprint density at radius 1 is 1.27 bits per heavy atom. The van der Waals surface area contributed by atoms with Gasteiger partial charge < -0.3 is 4.74 Å². The van der Waals surface area contributed by atoms with Gasteiger partial charge in [-0.15, -0.1) is 0 Å². The summed E-state index contributed by atoms with van der Waals surface area (Å²) < 4.78 is 70.5. The maximum atomic E-state index is 13.4. The second-order valence-electron chi connectivity index (χ2n) is 4.47. The van der Waals surface area contributed by atoms with Gasteiger partial charge in [0.15, 0.2) is 5.69 Å². The number of hydrogen-bond acceptors (Lipinski definition) is 3. The van der Waals surface area contributed by atoms with Crippen molar-refractivity contribution in [3.05, 3.63) is 34.1 Å². The summed E-state index contributed by atoms with van der Waals surface area (Å²) in [5.41, 5.74) is -3.43. The zero-order valence-electron chi connectivity index (χ0n) is 11.1. The van der Waals surface area contributed by atoms with Crippen molar-refractivity contribution in [2.24, 2.45) is 0 Å². The van der Waals surface area contributed by atoms with Crippen molar-refractivity contribution >= 4 is 23.1 Å². The van der Waals surface area contributed by atoms with E-state index in [1.807, 2.05) is 0 Å². The van der Waals surface area contributed by atoms with Gasteiger partial charge in [-0.25, -0.2) is 18.1 Å². The zero-order chi connectivity index (χ0) is 16.9. The van der Waals surface area contributed by atoms with Crippen LogP contribution in [0.1, 0.15) is 28.7 Å². The first-order valence-corrected chi connectivity index (χ1v) is 6.10. The van der Waals surface area contributed by atoms with Gasteiger partial charge in [0.05, 0.1) is 12.6 Å². The zero-order valence-corrected chi connectivity index (χ0v) is 11.9. The maximum absolute atomic E-state index is 13.4. The lowest BCUT2D eigenvalue weighted by atomic mass is 10.1. The topological polar surface area (TPSA) is 43.6 Å². The van der Waals surface area contributed by atoms with E-state index in [0.29, 0.717) is 11.4 Å². The van der Waals surface area contributed by atoms with Crippen molar-refractivity contribution in [2.45, 2.75) is 19.0 Å². The number of carbonyl (C=O) groups is 1. The molecule has 2 rings (SSSR count). The Balaban J connectivity index is 2.88. The molecular weight excluding hydrogens is 335 g/mol. The monoisotopic (exact) mass is 342 g/mol. The van der Waals surface area contributed by atoms with Gasteiger partial charge >= 0.3 is 12.1 Å². The molecule has 0 saturated carbocycles. The first kappa shape index (κ1) is 16.5. The van der Waals surface area contributed by atoms with Crippen LogP contribution in [0.3, 0.4) is 0 Å². The van der Waals surface area contributed by atoms with Crippen LogP contribution < -0.4 is 0 Å². The molecular formula is C12H8ClF5N2O2. The van der Waals surface area contributed by atoms with Gasteiger partial charge in [-0.2, -0.15) is 18.3 Å². The third-order valence-electron chi connectivity index (χ3n) is 2.85. The molecule has 2 aromatic rings. The normalized spacial score (nSPS) is 12.7. The van der Waals surface area contributed by atoms with E-state index in [2.05, 4.69) is 9.84 Å². The Kier molecular flexibility index (Phi) is 3.80. The summed E-state index contributed by atoms with van der Waals surface area (Å²) in [6.07, 6.45) is -4.97. The number of methoxy groups -OCH3 is 1. The predicted octanol–water partition coefficient (Wildman–Crippen LogP) is 3.90. The molecule has 0 fully saturated rings. The van der Waals surface area contributed by atoms with Crippen molar-refractivity contribution in [1.82, 2.24) is 9.61 Å². The Bertz CT molecular complexity index is 749. The van der Waals surface area contributed by atoms with E-state index in [1.165, 1.54) is 0 Å². The van der Waals surface area contributed by atoms with Crippen molar-refractivity contribution < 1.29 is 31.5 Å². The van der Waals surface area contributed by atoms with Crippen LogP contribution in [-0.4, -0.2) is 22.7 Å². The van der Waals surface area contributed by atoms with Gasteiger partial charge in [0.1, 0.15) is 10.7 Å². The molecule has 0 amide bonds. The fourth-order valence-corrected chi connectivity index (χ4v) is 2.05. The summed E-state index contributed by atoms with van der Waals surface area (Å²) in [7, 11) is 0.985. The number of alkyl halides is 5. The van der Waals surface area contributed by atoms with E-state index < -0.39 is 45.6 Å². The lowest BCUT2D eigenvalue weighted by Crippen LogP contribution is -2.16. The van der Waals surface area contributed by atoms with Gasteiger partial charge in [-0.3, -0.25) is 0 Å². The Labute approximate surface area is 125 Å². The van der Waals surface area contributed by atoms with Crippen molar-refractivity contribution in [3.8, 4) is 0 Å². The molecule has 0 aliphatic rings. The molecule has 2 heterocycles. The first-order valence-electron chi connectivity index (χ1n) is 5.73. The van der Waals surface area contributed by atoms with Gasteiger partial charge in [0.25, 0.3) is 5.92 Å². The SMILES string of the molecule is COC(=O)c1nn2c(C(F)(F)F)cc(C(C)(F)F)cc2c1Cl. The number of aromatic nitrogens is 2. The quantitative estimate of drug-likeness (QED) is 0.614. The highest BCUT2D eigenvalue weighted by molar-refractivity contribution is 6.36. The molecule has 0 aliphatic heterocycles. The number of halogens is 6. The average Bonchev–Trinajstić information content (AvgIpc) is 2.72. The summed E-state index contributed by atoms with van der Waals surface area (Å²) in [5, 5.41) is 2.92. The van der Waals surface area contributed by atoms with E-state index in [9.17, 15) is 26.7 Å². The molecule has 10 heteroatoms. The minimum absolute atomic E-state index is 0.261. The fraction of sp³-hybridized carbons (Fsp3) is 0.333. The molecule has 0 aliphatic carbocycles. The summed E-state index contributed by atoms with van der Waals surface area (Å²) in [5.74, 6) is -4.60. The molecule has 0 spiro atoms. The highest BCUT2D eigenvalue weighted by Gasteiger charge is 2.38. The van der Waals surface area contributed by atoms with E-state index in [0.717, 1.165) is 13.2 Å². The van der Waals surface area contributed by atoms with E-state index >= 15 is 0 Å². The highest BCUT2D eigenvalue weighted by atomic mass is 35.5. The summed E-state index contributed by atoms with van der Waals surface area (Å²) in [4.78, 5) is 11.4. The lowest BCUT2D eigenvalue weighted by molar-refractivity contribution is -0.142. The predicted molar refractivity (Wildman–Crippen MR) is 66.1 cm³/mol. The standard InChI is InChI=1S/C12H8ClF5N2O2/c1-11(14,15)5-3-6-8(13)9(10(21)22-2)19-20(6)7(4-5)12(16,17)18/h3-4H,1-2H3. The minimum atomic E-state index is -4.97. The number of ether oxygens (including phenoxy) is 1. The number of fused-ring (bicyclic) bond motifs is 1. The smallest absolute Gasteiger partial charge is 0.433 e. The molecule has 2 aromatic heterocycles. The average molecular weight is 343 g/mol. The van der Waals surface area contributed by atoms with Crippen molar-refractivity contribution in [3.63, 3.8) is 0 Å². The number of rotatable bonds is 2. The molecule has 0 aromatic carbocycles. The van der Waals surface area contributed by atoms with Gasteiger partial charge in [0, 0.05) is 12.5 Å². The third-order valence-corrected chi connectivity index (χ3v) is 3.22. The Morgan fingerprint density at radius 2 is 1.86 bits per heavy atom. The van der Waals surface area contributed by atoms with Crippen LogP contribution in [0.25, 0.3) is 5.52 Å². The van der Waals surface area contributed by atoms with Crippen LogP contribution >= 0.6 is 11.6 Å². The number of hydrogen-bond donors (Lipinski definition) is 0. The molecule has 120 valence electrons. The third kappa shape index (κ3) is 2.72. The van der Waals surface area contributed by atoms with Gasteiger partial charge in [0.2, 0.25) is 0 Å². The number of pyridine rings is 1. The summed E-state index contributed by atoms with van der Waals surface area (Å²) >= 11 is 5.78. The Hall–Kier alpha value is -1.90. The lowest BCUT2D eigenvalue weighted by Gasteiger charge is -2.15. The largest absolute Gasteiger partial charge is 0.464 e. The van der Waals surface area contributed by atoms with Crippen LogP contribution in [0.2, 0.25) is 5.02 Å². The molecule has 0 atom stereocenters. The van der Waals surface area contributed by atoms with Crippen LogP contribution in [0.5, 0.6) is 0 Å². The number of nitrogens with zero attached hydrogens (tertiary/aromatic N) is 2. The first-order chi connectivity index (χ1) is 9.96. The molecule has 0 saturated heterocycles. The molecule has 0 unspecified atom stereocenters. The molecule has 0 N–H and O–H groups in total. The van der Waals surface area contributed by atoms with Crippen LogP contribution in [0.15, 0.2) is 12.1 Å². The fourth-order valence-electron chi connectivity index (χ4n) is 1.80. The van der Waals surface area contributed by atoms with Gasteiger partial charge in [-0.05, 0) is 12.1 Å². The van der Waals surface area contributed by atoms with Gasteiger partial charge in [-0.1, -0.05) is 11.6 Å². The number of esters is 1. The molecule has 0 bridgehead atoms. The van der Waals surface area contributed by atoms with E-state index in [-0.39, 0.29) is 6.07 Å². The highest BCUT2D eigenvalue weighted by Crippen LogP contribution is 2.37. The van der Waals surface area contributed by atoms with Crippen LogP contribution in [0, 0.1) is 0 Å². The molecule has 22 heavy (non-hydrogen) atoms. The van der Waals surface area contributed by atoms with E-state index in [1.54, 1.807) is 0 Å². The maximum Gasteiger partial charge on any atom is 0.433 e.